The van der Waals surface area contributed by atoms with Gasteiger partial charge in [-0.25, -0.2) is 0 Å². The summed E-state index contributed by atoms with van der Waals surface area (Å²) in [7, 11) is 1.99. The smallest absolute Gasteiger partial charge is 0.123 e. The van der Waals surface area contributed by atoms with Gasteiger partial charge in [0.2, 0.25) is 0 Å². The van der Waals surface area contributed by atoms with E-state index in [-0.39, 0.29) is 12.1 Å². The Balaban J connectivity index is 1.92. The van der Waals surface area contributed by atoms with Gasteiger partial charge in [-0.2, -0.15) is 0 Å². The van der Waals surface area contributed by atoms with E-state index in [0.717, 1.165) is 22.8 Å². The number of para-hydroxylation sites is 1. The van der Waals surface area contributed by atoms with Gasteiger partial charge >= 0.3 is 0 Å². The van der Waals surface area contributed by atoms with Gasteiger partial charge in [-0.1, -0.05) is 35.9 Å². The molecule has 2 unspecified atom stereocenters. The summed E-state index contributed by atoms with van der Waals surface area (Å²) >= 11 is 6.21. The van der Waals surface area contributed by atoms with Gasteiger partial charge in [-0.15, -0.1) is 0 Å². The molecule has 110 valence electrons. The summed E-state index contributed by atoms with van der Waals surface area (Å²) in [5, 5.41) is 4.24. The molecule has 0 radical (unpaired) electrons. The van der Waals surface area contributed by atoms with E-state index in [1.807, 2.05) is 32.2 Å². The molecule has 0 amide bonds. The molecule has 0 saturated carbocycles. The fraction of sp³-hybridized carbons (Fsp3) is 0.333. The standard InChI is InChI=1S/C18H20ClNO/c1-11-9-15(19)12(2)8-14(11)18(20-3)17-10-13-6-4-5-7-16(13)21-17/h4-9,17-18,20H,10H2,1-3H3. The Labute approximate surface area is 131 Å². The van der Waals surface area contributed by atoms with Crippen molar-refractivity contribution in [2.45, 2.75) is 32.4 Å². The summed E-state index contributed by atoms with van der Waals surface area (Å²) in [5.41, 5.74) is 4.85. The molecule has 2 aromatic carbocycles. The minimum Gasteiger partial charge on any atom is -0.488 e. The van der Waals surface area contributed by atoms with Crippen LogP contribution in [-0.4, -0.2) is 13.2 Å². The van der Waals surface area contributed by atoms with Crippen molar-refractivity contribution in [3.05, 3.63) is 63.7 Å². The highest BCUT2D eigenvalue weighted by Gasteiger charge is 2.31. The summed E-state index contributed by atoms with van der Waals surface area (Å²) in [6.07, 6.45) is 1.05. The third-order valence-electron chi connectivity index (χ3n) is 4.24. The summed E-state index contributed by atoms with van der Waals surface area (Å²) in [4.78, 5) is 0. The maximum Gasteiger partial charge on any atom is 0.123 e. The molecule has 2 atom stereocenters. The van der Waals surface area contributed by atoms with Gasteiger partial charge in [0, 0.05) is 11.4 Å². The molecule has 0 aromatic heterocycles. The van der Waals surface area contributed by atoms with E-state index in [4.69, 9.17) is 16.3 Å². The van der Waals surface area contributed by atoms with Crippen LogP contribution in [0.25, 0.3) is 0 Å². The second-order valence-corrected chi connectivity index (χ2v) is 6.10. The second kappa shape index (κ2) is 5.70. The van der Waals surface area contributed by atoms with Gasteiger partial charge in [0.05, 0.1) is 6.04 Å². The predicted molar refractivity (Wildman–Crippen MR) is 87.3 cm³/mol. The zero-order valence-corrected chi connectivity index (χ0v) is 13.4. The predicted octanol–water partition coefficient (Wildman–Crippen LogP) is 4.22. The SMILES string of the molecule is CNC(c1cc(C)c(Cl)cc1C)C1Cc2ccccc2O1. The Morgan fingerprint density at radius 3 is 2.67 bits per heavy atom. The van der Waals surface area contributed by atoms with Crippen molar-refractivity contribution in [1.82, 2.24) is 5.32 Å². The molecule has 21 heavy (non-hydrogen) atoms. The van der Waals surface area contributed by atoms with Gasteiger partial charge in [0.15, 0.2) is 0 Å². The first-order chi connectivity index (χ1) is 10.1. The molecule has 1 N–H and O–H groups in total. The molecule has 0 fully saturated rings. The van der Waals surface area contributed by atoms with Crippen LogP contribution in [0.4, 0.5) is 0 Å². The number of hydrogen-bond acceptors (Lipinski definition) is 2. The third-order valence-corrected chi connectivity index (χ3v) is 4.64. The molecule has 1 aliphatic heterocycles. The summed E-state index contributed by atoms with van der Waals surface area (Å²) in [6, 6.07) is 12.6. The number of fused-ring (bicyclic) bond motifs is 1. The van der Waals surface area contributed by atoms with Crippen LogP contribution in [0.15, 0.2) is 36.4 Å². The lowest BCUT2D eigenvalue weighted by Crippen LogP contribution is -2.33. The molecule has 2 aromatic rings. The lowest BCUT2D eigenvalue weighted by molar-refractivity contribution is 0.183. The van der Waals surface area contributed by atoms with Crippen LogP contribution in [0.1, 0.15) is 28.3 Å². The number of likely N-dealkylation sites (N-methyl/N-ethyl adjacent to an activating group) is 1. The maximum absolute atomic E-state index is 6.21. The molecule has 0 saturated heterocycles. The third kappa shape index (κ3) is 2.66. The van der Waals surface area contributed by atoms with Gasteiger partial charge < -0.3 is 10.1 Å². The zero-order valence-electron chi connectivity index (χ0n) is 12.6. The molecule has 2 nitrogen and oxygen atoms in total. The average molecular weight is 302 g/mol. The molecule has 0 aliphatic carbocycles. The molecular weight excluding hydrogens is 282 g/mol. The number of nitrogens with one attached hydrogen (secondary N) is 1. The molecular formula is C18H20ClNO. The fourth-order valence-corrected chi connectivity index (χ4v) is 3.29. The van der Waals surface area contributed by atoms with Crippen molar-refractivity contribution < 1.29 is 4.74 Å². The van der Waals surface area contributed by atoms with E-state index in [0.29, 0.717) is 0 Å². The first-order valence-corrected chi connectivity index (χ1v) is 7.66. The Morgan fingerprint density at radius 1 is 1.19 bits per heavy atom. The van der Waals surface area contributed by atoms with Crippen molar-refractivity contribution in [2.24, 2.45) is 0 Å². The topological polar surface area (TPSA) is 21.3 Å². The zero-order chi connectivity index (χ0) is 15.0. The van der Waals surface area contributed by atoms with Crippen LogP contribution in [0.5, 0.6) is 5.75 Å². The van der Waals surface area contributed by atoms with Crippen LogP contribution in [-0.2, 0) is 6.42 Å². The quantitative estimate of drug-likeness (QED) is 0.916. The molecule has 1 aliphatic rings. The Morgan fingerprint density at radius 2 is 1.95 bits per heavy atom. The fourth-order valence-electron chi connectivity index (χ4n) is 3.07. The largest absolute Gasteiger partial charge is 0.488 e. The molecule has 1 heterocycles. The van der Waals surface area contributed by atoms with E-state index in [1.165, 1.54) is 16.7 Å². The van der Waals surface area contributed by atoms with E-state index < -0.39 is 0 Å². The highest BCUT2D eigenvalue weighted by Crippen LogP contribution is 2.35. The number of rotatable bonds is 3. The number of hydrogen-bond donors (Lipinski definition) is 1. The van der Waals surface area contributed by atoms with Gasteiger partial charge in [-0.05, 0) is 55.3 Å². The lowest BCUT2D eigenvalue weighted by atomic mass is 9.93. The van der Waals surface area contributed by atoms with Crippen LogP contribution in [0, 0.1) is 13.8 Å². The highest BCUT2D eigenvalue weighted by atomic mass is 35.5. The molecule has 0 spiro atoms. The van der Waals surface area contributed by atoms with Crippen molar-refractivity contribution in [2.75, 3.05) is 7.05 Å². The number of ether oxygens (including phenoxy) is 1. The van der Waals surface area contributed by atoms with E-state index in [9.17, 15) is 0 Å². The Bertz CT molecular complexity index is 643. The highest BCUT2D eigenvalue weighted by molar-refractivity contribution is 6.31. The Hall–Kier alpha value is -1.51. The number of benzene rings is 2. The summed E-state index contributed by atoms with van der Waals surface area (Å²) in [5.74, 6) is 1.01. The van der Waals surface area contributed by atoms with Crippen molar-refractivity contribution >= 4 is 11.6 Å². The van der Waals surface area contributed by atoms with Crippen LogP contribution in [0.2, 0.25) is 5.02 Å². The minimum absolute atomic E-state index is 0.117. The van der Waals surface area contributed by atoms with Crippen LogP contribution in [0.3, 0.4) is 0 Å². The maximum atomic E-state index is 6.21. The lowest BCUT2D eigenvalue weighted by Gasteiger charge is -2.25. The van der Waals surface area contributed by atoms with Crippen LogP contribution >= 0.6 is 11.6 Å². The monoisotopic (exact) mass is 301 g/mol. The van der Waals surface area contributed by atoms with Crippen molar-refractivity contribution in [3.8, 4) is 5.75 Å². The van der Waals surface area contributed by atoms with Gasteiger partial charge in [0.25, 0.3) is 0 Å². The summed E-state index contributed by atoms with van der Waals surface area (Å²) < 4.78 is 6.14. The normalized spacial score (nSPS) is 18.2. The molecule has 0 bridgehead atoms. The number of aryl methyl sites for hydroxylation is 2. The number of halogens is 1. The second-order valence-electron chi connectivity index (χ2n) is 5.69. The first kappa shape index (κ1) is 14.4. The average Bonchev–Trinajstić information content (AvgIpc) is 2.88. The first-order valence-electron chi connectivity index (χ1n) is 7.28. The molecule has 3 heteroatoms. The Kier molecular flexibility index (Phi) is 3.92. The summed E-state index contributed by atoms with van der Waals surface area (Å²) in [6.45, 7) is 4.15. The van der Waals surface area contributed by atoms with E-state index in [1.54, 1.807) is 0 Å². The van der Waals surface area contributed by atoms with Gasteiger partial charge in [-0.3, -0.25) is 0 Å². The minimum atomic E-state index is 0.117. The molecule has 3 rings (SSSR count). The van der Waals surface area contributed by atoms with Crippen LogP contribution < -0.4 is 10.1 Å². The van der Waals surface area contributed by atoms with E-state index >= 15 is 0 Å². The van der Waals surface area contributed by atoms with Gasteiger partial charge in [0.1, 0.15) is 11.9 Å². The van der Waals surface area contributed by atoms with Crippen molar-refractivity contribution in [3.63, 3.8) is 0 Å². The van der Waals surface area contributed by atoms with E-state index in [2.05, 4.69) is 30.4 Å². The van der Waals surface area contributed by atoms with Crippen molar-refractivity contribution in [1.29, 1.82) is 0 Å².